The second-order valence-electron chi connectivity index (χ2n) is 7.44. The number of carbonyl (C=O) groups is 1. The Hall–Kier alpha value is -1.59. The molecule has 2 aliphatic heterocycles. The minimum atomic E-state index is -0.628. The van der Waals surface area contributed by atoms with Crippen LogP contribution in [0.1, 0.15) is 57.1 Å². The van der Waals surface area contributed by atoms with Crippen molar-refractivity contribution in [2.24, 2.45) is 0 Å². The van der Waals surface area contributed by atoms with Crippen molar-refractivity contribution in [3.63, 3.8) is 0 Å². The summed E-state index contributed by atoms with van der Waals surface area (Å²) in [5.74, 6) is -0.664. The van der Waals surface area contributed by atoms with Gasteiger partial charge in [-0.25, -0.2) is 4.79 Å². The second-order valence-corrected chi connectivity index (χ2v) is 7.44. The number of hydrogen-bond donors (Lipinski definition) is 0. The third-order valence-corrected chi connectivity index (χ3v) is 5.21. The zero-order chi connectivity index (χ0) is 16.9. The van der Waals surface area contributed by atoms with Crippen molar-refractivity contribution in [1.29, 1.82) is 0 Å². The third-order valence-electron chi connectivity index (χ3n) is 5.21. The summed E-state index contributed by atoms with van der Waals surface area (Å²) >= 11 is 0. The summed E-state index contributed by atoms with van der Waals surface area (Å²) in [5, 5.41) is 0. The Morgan fingerprint density at radius 2 is 2.08 bits per heavy atom. The lowest BCUT2D eigenvalue weighted by Crippen LogP contribution is -2.32. The van der Waals surface area contributed by atoms with Crippen LogP contribution in [0.2, 0.25) is 0 Å². The Bertz CT molecular complexity index is 671. The number of furan rings is 1. The number of hydrogen-bond acceptors (Lipinski definition) is 5. The van der Waals surface area contributed by atoms with E-state index in [0.29, 0.717) is 12.8 Å². The first-order valence-corrected chi connectivity index (χ1v) is 8.78. The zero-order valence-corrected chi connectivity index (χ0v) is 14.4. The van der Waals surface area contributed by atoms with Crippen LogP contribution in [0, 0.1) is 0 Å². The zero-order valence-electron chi connectivity index (χ0n) is 14.4. The monoisotopic (exact) mass is 332 g/mol. The van der Waals surface area contributed by atoms with Gasteiger partial charge in [-0.1, -0.05) is 13.3 Å². The quantitative estimate of drug-likeness (QED) is 0.776. The molecule has 5 heteroatoms. The molecular formula is C19H24O5. The molecule has 4 atom stereocenters. The Labute approximate surface area is 141 Å². The average Bonchev–Trinajstić information content (AvgIpc) is 3.16. The molecule has 0 spiro atoms. The fraction of sp³-hybridized carbons (Fsp3) is 0.632. The van der Waals surface area contributed by atoms with Crippen molar-refractivity contribution in [3.8, 4) is 0 Å². The first-order valence-electron chi connectivity index (χ1n) is 8.78. The number of esters is 1. The summed E-state index contributed by atoms with van der Waals surface area (Å²) in [7, 11) is 0. The molecule has 24 heavy (non-hydrogen) atoms. The molecular weight excluding hydrogens is 308 g/mol. The summed E-state index contributed by atoms with van der Waals surface area (Å²) in [5.41, 5.74) is 3.30. The second kappa shape index (κ2) is 5.74. The Morgan fingerprint density at radius 3 is 2.88 bits per heavy atom. The molecule has 1 aromatic heterocycles. The van der Waals surface area contributed by atoms with Crippen molar-refractivity contribution in [3.05, 3.63) is 35.3 Å². The largest absolute Gasteiger partial charge is 0.472 e. The minimum absolute atomic E-state index is 0.0602. The number of rotatable bonds is 2. The molecule has 1 saturated heterocycles. The molecule has 4 rings (SSSR count). The highest BCUT2D eigenvalue weighted by Crippen LogP contribution is 2.44. The van der Waals surface area contributed by atoms with Crippen LogP contribution in [0.5, 0.6) is 0 Å². The van der Waals surface area contributed by atoms with Gasteiger partial charge in [0.05, 0.1) is 24.7 Å². The normalized spacial score (nSPS) is 34.3. The van der Waals surface area contributed by atoms with Crippen molar-refractivity contribution in [2.45, 2.75) is 76.5 Å². The third kappa shape index (κ3) is 2.70. The van der Waals surface area contributed by atoms with E-state index >= 15 is 0 Å². The standard InChI is InChI=1S/C19H24O5/c1-4-5-13-14-10-21-9-12(14)6-11-7-17(20)22-15(11)8-16-18(13)24-19(2,3)23-16/h7,9-10,13,15-16,18H,4-6,8H2,1-3H3/t13-,15+,16+,18-/m0/s1. The van der Waals surface area contributed by atoms with Gasteiger partial charge in [0.1, 0.15) is 6.10 Å². The highest BCUT2D eigenvalue weighted by Gasteiger charge is 2.48. The van der Waals surface area contributed by atoms with Crippen LogP contribution in [0.3, 0.4) is 0 Å². The summed E-state index contributed by atoms with van der Waals surface area (Å²) in [6.45, 7) is 6.08. The van der Waals surface area contributed by atoms with Crippen LogP contribution >= 0.6 is 0 Å². The lowest BCUT2D eigenvalue weighted by atomic mass is 9.85. The fourth-order valence-corrected chi connectivity index (χ4v) is 4.29. The molecule has 0 saturated carbocycles. The molecule has 0 N–H and O–H groups in total. The van der Waals surface area contributed by atoms with Gasteiger partial charge in [0.25, 0.3) is 0 Å². The van der Waals surface area contributed by atoms with Crippen LogP contribution in [-0.4, -0.2) is 30.1 Å². The SMILES string of the molecule is CCC[C@H]1c2cocc2CC2=CC(=O)O[C@@H]2C[C@H]2OC(C)(C)O[C@H]21. The maximum atomic E-state index is 11.8. The predicted molar refractivity (Wildman–Crippen MR) is 86.5 cm³/mol. The van der Waals surface area contributed by atoms with Gasteiger partial charge in [0.2, 0.25) is 0 Å². The fourth-order valence-electron chi connectivity index (χ4n) is 4.29. The van der Waals surface area contributed by atoms with Crippen molar-refractivity contribution in [2.75, 3.05) is 0 Å². The van der Waals surface area contributed by atoms with E-state index in [1.54, 1.807) is 12.3 Å². The van der Waals surface area contributed by atoms with Gasteiger partial charge in [-0.15, -0.1) is 0 Å². The summed E-state index contributed by atoms with van der Waals surface area (Å²) in [6.07, 6.45) is 8.26. The summed E-state index contributed by atoms with van der Waals surface area (Å²) in [6, 6.07) is 0. The Kier molecular flexibility index (Phi) is 3.81. The maximum Gasteiger partial charge on any atom is 0.331 e. The smallest absolute Gasteiger partial charge is 0.331 e. The molecule has 1 fully saturated rings. The molecule has 3 aliphatic rings. The molecule has 0 bridgehead atoms. The lowest BCUT2D eigenvalue weighted by Gasteiger charge is -2.26. The summed E-state index contributed by atoms with van der Waals surface area (Å²) < 4.78 is 23.5. The lowest BCUT2D eigenvalue weighted by molar-refractivity contribution is -0.151. The first-order chi connectivity index (χ1) is 11.5. The summed E-state index contributed by atoms with van der Waals surface area (Å²) in [4.78, 5) is 11.8. The van der Waals surface area contributed by atoms with Crippen molar-refractivity contribution >= 4 is 5.97 Å². The Balaban J connectivity index is 1.78. The van der Waals surface area contributed by atoms with E-state index in [4.69, 9.17) is 18.6 Å². The van der Waals surface area contributed by atoms with Gasteiger partial charge in [0.15, 0.2) is 5.79 Å². The molecule has 5 nitrogen and oxygen atoms in total. The van der Waals surface area contributed by atoms with E-state index < -0.39 is 5.79 Å². The van der Waals surface area contributed by atoms with Gasteiger partial charge in [-0.2, -0.15) is 0 Å². The number of ether oxygens (including phenoxy) is 3. The molecule has 0 aromatic carbocycles. The topological polar surface area (TPSA) is 57.9 Å². The molecule has 3 heterocycles. The molecule has 130 valence electrons. The molecule has 0 amide bonds. The highest BCUT2D eigenvalue weighted by molar-refractivity contribution is 5.86. The van der Waals surface area contributed by atoms with Gasteiger partial charge in [0, 0.05) is 24.8 Å². The molecule has 0 unspecified atom stereocenters. The molecule has 1 aliphatic carbocycles. The van der Waals surface area contributed by atoms with Gasteiger partial charge >= 0.3 is 5.97 Å². The Morgan fingerprint density at radius 1 is 1.25 bits per heavy atom. The van der Waals surface area contributed by atoms with Crippen LogP contribution in [0.25, 0.3) is 0 Å². The van der Waals surface area contributed by atoms with Gasteiger partial charge in [-0.05, 0) is 37.0 Å². The number of carbonyl (C=O) groups excluding carboxylic acids is 1. The van der Waals surface area contributed by atoms with Crippen LogP contribution in [0.15, 0.2) is 28.6 Å². The average molecular weight is 332 g/mol. The van der Waals surface area contributed by atoms with Gasteiger partial charge in [-0.3, -0.25) is 0 Å². The molecule has 0 radical (unpaired) electrons. The number of fused-ring (bicyclic) bond motifs is 3. The maximum absolute atomic E-state index is 11.8. The van der Waals surface area contributed by atoms with E-state index in [2.05, 4.69) is 6.92 Å². The van der Waals surface area contributed by atoms with Crippen molar-refractivity contribution in [1.82, 2.24) is 0 Å². The van der Waals surface area contributed by atoms with Crippen LogP contribution in [-0.2, 0) is 25.4 Å². The van der Waals surface area contributed by atoms with E-state index in [-0.39, 0.29) is 30.2 Å². The predicted octanol–water partition coefficient (Wildman–Crippen LogP) is 3.48. The van der Waals surface area contributed by atoms with Gasteiger partial charge < -0.3 is 18.6 Å². The first kappa shape index (κ1) is 15.9. The van der Waals surface area contributed by atoms with E-state index in [1.165, 1.54) is 5.56 Å². The van der Waals surface area contributed by atoms with Crippen LogP contribution < -0.4 is 0 Å². The highest BCUT2D eigenvalue weighted by atomic mass is 16.8. The van der Waals surface area contributed by atoms with E-state index in [9.17, 15) is 4.79 Å². The molecule has 1 aromatic rings. The van der Waals surface area contributed by atoms with E-state index in [0.717, 1.165) is 24.0 Å². The van der Waals surface area contributed by atoms with Crippen LogP contribution in [0.4, 0.5) is 0 Å². The van der Waals surface area contributed by atoms with E-state index in [1.807, 2.05) is 20.1 Å². The minimum Gasteiger partial charge on any atom is -0.472 e. The van der Waals surface area contributed by atoms with Crippen molar-refractivity contribution < 1.29 is 23.4 Å².